The summed E-state index contributed by atoms with van der Waals surface area (Å²) in [6.45, 7) is 13.3. The van der Waals surface area contributed by atoms with Gasteiger partial charge in [-0.3, -0.25) is 14.4 Å². The number of carbonyl (C=O) groups is 4. The topological polar surface area (TPSA) is 169 Å². The van der Waals surface area contributed by atoms with Crippen molar-refractivity contribution in [1.29, 1.82) is 0 Å². The molecule has 1 amide bonds. The van der Waals surface area contributed by atoms with E-state index in [1.807, 2.05) is 26.0 Å². The maximum absolute atomic E-state index is 14.2. The zero-order valence-corrected chi connectivity index (χ0v) is 34.1. The van der Waals surface area contributed by atoms with Crippen LogP contribution >= 0.6 is 0 Å². The van der Waals surface area contributed by atoms with E-state index in [4.69, 9.17) is 18.9 Å². The highest BCUT2D eigenvalue weighted by atomic mass is 16.7. The Kier molecular flexibility index (Phi) is 16.4. The summed E-state index contributed by atoms with van der Waals surface area (Å²) >= 11 is 0. The van der Waals surface area contributed by atoms with Gasteiger partial charge in [-0.2, -0.15) is 0 Å². The molecule has 3 heterocycles. The van der Waals surface area contributed by atoms with Crippen LogP contribution in [0.2, 0.25) is 0 Å². The van der Waals surface area contributed by atoms with Crippen molar-refractivity contribution in [3.05, 3.63) is 36.0 Å². The molecule has 3 N–H and O–H groups in total. The lowest BCUT2D eigenvalue weighted by Gasteiger charge is -2.44. The highest BCUT2D eigenvalue weighted by molar-refractivity contribution is 6.39. The molecule has 1 unspecified atom stereocenters. The van der Waals surface area contributed by atoms with E-state index in [9.17, 15) is 34.5 Å². The second-order valence-electron chi connectivity index (χ2n) is 16.9. The Morgan fingerprint density at radius 3 is 2.35 bits per heavy atom. The molecule has 12 nitrogen and oxygen atoms in total. The molecular formula is C43H67NO11. The minimum absolute atomic E-state index is 0.000723. The Balaban J connectivity index is 1.75. The summed E-state index contributed by atoms with van der Waals surface area (Å²) in [4.78, 5) is 57.4. The molecular weight excluding hydrogens is 706 g/mol. The number of hydrogen-bond donors (Lipinski definition) is 3. The number of aliphatic hydroxyl groups excluding tert-OH is 2. The van der Waals surface area contributed by atoms with Crippen molar-refractivity contribution < 1.29 is 53.4 Å². The van der Waals surface area contributed by atoms with Crippen LogP contribution in [0.25, 0.3) is 0 Å². The van der Waals surface area contributed by atoms with Crippen LogP contribution in [0.3, 0.4) is 0 Å². The van der Waals surface area contributed by atoms with E-state index in [0.29, 0.717) is 69.8 Å². The number of hydrogen-bond acceptors (Lipinski definition) is 11. The summed E-state index contributed by atoms with van der Waals surface area (Å²) in [6.07, 6.45) is 6.92. The Labute approximate surface area is 327 Å². The number of amides is 1. The summed E-state index contributed by atoms with van der Waals surface area (Å²) in [5.41, 5.74) is 1.65. The fourth-order valence-electron chi connectivity index (χ4n) is 9.15. The molecule has 3 aliphatic heterocycles. The van der Waals surface area contributed by atoms with E-state index in [1.165, 1.54) is 4.90 Å². The second kappa shape index (κ2) is 20.1. The first-order valence-electron chi connectivity index (χ1n) is 20.4. The SMILES string of the molecule is C=CC[C@@H]1/C=C(\C)C[C@H](C)C[C@H](OC)C2CC[C@@H](C)[C@@](O)(O2)C(=O)C(=O)N2CCCC[C@H]2C(=O)O[C@H](/C(C)=C/[C@@H]2CC[C@@H](O)[C@H](OC)C2)[C@H](C)[C@@H](O)CC1=O. The van der Waals surface area contributed by atoms with Crippen LogP contribution in [-0.2, 0) is 38.1 Å². The summed E-state index contributed by atoms with van der Waals surface area (Å²) in [5, 5.41) is 33.9. The first-order chi connectivity index (χ1) is 26.0. The van der Waals surface area contributed by atoms with Gasteiger partial charge in [0, 0.05) is 44.9 Å². The number of esters is 1. The average molecular weight is 774 g/mol. The third-order valence-electron chi connectivity index (χ3n) is 12.6. The number of ketones is 2. The van der Waals surface area contributed by atoms with Gasteiger partial charge in [0.25, 0.3) is 11.7 Å². The summed E-state index contributed by atoms with van der Waals surface area (Å²) in [7, 11) is 3.12. The van der Waals surface area contributed by atoms with Crippen molar-refractivity contribution >= 4 is 23.4 Å². The first-order valence-corrected chi connectivity index (χ1v) is 20.4. The van der Waals surface area contributed by atoms with Crippen molar-refractivity contribution in [2.24, 2.45) is 29.6 Å². The molecule has 55 heavy (non-hydrogen) atoms. The minimum Gasteiger partial charge on any atom is -0.456 e. The normalized spacial score (nSPS) is 40.7. The molecule has 0 radical (unpaired) electrons. The maximum Gasteiger partial charge on any atom is 0.329 e. The molecule has 1 aliphatic carbocycles. The number of allylic oxidation sites excluding steroid dienone is 4. The third-order valence-corrected chi connectivity index (χ3v) is 12.6. The standard InChI is InChI=1S/C43H67NO11/c1-9-12-31-20-25(2)19-26(3)21-38(53-8)36-17-14-28(5)43(51,55-36)40(48)41(49)44-18-11-10-13-32(44)42(50)54-39(29(6)34(46)24-35(31)47)27(4)22-30-15-16-33(45)37(23-30)52-7/h9,20,22,26,28-34,36-39,45-46,51H,1,10-19,21,23-24H2,2-8H3/b25-20+,27-22+/t26-,28+,29+,30-,31+,32-,33+,34-,36?,37+,38-,39+,43+/m0/s1. The highest BCUT2D eigenvalue weighted by Crippen LogP contribution is 2.38. The third kappa shape index (κ3) is 11.0. The lowest BCUT2D eigenvalue weighted by Crippen LogP contribution is -2.61. The van der Waals surface area contributed by atoms with Crippen LogP contribution in [0.4, 0.5) is 0 Å². The molecule has 3 fully saturated rings. The zero-order valence-electron chi connectivity index (χ0n) is 34.1. The van der Waals surface area contributed by atoms with Gasteiger partial charge >= 0.3 is 5.97 Å². The van der Waals surface area contributed by atoms with Crippen LogP contribution in [0.15, 0.2) is 36.0 Å². The first kappa shape index (κ1) is 45.0. The number of carbonyl (C=O) groups excluding carboxylic acids is 4. The van der Waals surface area contributed by atoms with Crippen molar-refractivity contribution in [3.63, 3.8) is 0 Å². The Morgan fingerprint density at radius 2 is 1.67 bits per heavy atom. The van der Waals surface area contributed by atoms with Gasteiger partial charge < -0.3 is 39.2 Å². The number of fused-ring (bicyclic) bond motifs is 3. The quantitative estimate of drug-likeness (QED) is 0.188. The number of piperidine rings is 1. The van der Waals surface area contributed by atoms with Crippen molar-refractivity contribution in [3.8, 4) is 0 Å². The minimum atomic E-state index is -2.41. The van der Waals surface area contributed by atoms with Crippen LogP contribution < -0.4 is 0 Å². The molecule has 0 aromatic carbocycles. The van der Waals surface area contributed by atoms with Gasteiger partial charge in [0.15, 0.2) is 0 Å². The Bertz CT molecular complexity index is 1430. The van der Waals surface area contributed by atoms with Crippen LogP contribution in [0, 0.1) is 29.6 Å². The number of aliphatic hydroxyl groups is 3. The van der Waals surface area contributed by atoms with E-state index in [2.05, 4.69) is 13.5 Å². The summed E-state index contributed by atoms with van der Waals surface area (Å²) in [5.74, 6) is -7.27. The molecule has 12 heteroatoms. The number of Topliss-reactive ketones (excluding diaryl/α,β-unsaturated/α-hetero) is 2. The van der Waals surface area contributed by atoms with E-state index in [0.717, 1.165) is 5.57 Å². The number of methoxy groups -OCH3 is 2. The predicted molar refractivity (Wildman–Crippen MR) is 206 cm³/mol. The zero-order chi connectivity index (χ0) is 40.6. The molecule has 4 rings (SSSR count). The molecule has 4 aliphatic rings. The fourth-order valence-corrected chi connectivity index (χ4v) is 9.15. The largest absolute Gasteiger partial charge is 0.456 e. The van der Waals surface area contributed by atoms with Crippen molar-refractivity contribution in [1.82, 2.24) is 4.90 Å². The van der Waals surface area contributed by atoms with Gasteiger partial charge in [0.2, 0.25) is 5.79 Å². The fraction of sp³-hybridized carbons (Fsp3) is 0.767. The van der Waals surface area contributed by atoms with E-state index in [1.54, 1.807) is 34.1 Å². The summed E-state index contributed by atoms with van der Waals surface area (Å²) < 4.78 is 23.8. The average Bonchev–Trinajstić information content (AvgIpc) is 3.16. The molecule has 2 saturated heterocycles. The van der Waals surface area contributed by atoms with Gasteiger partial charge in [0.1, 0.15) is 17.9 Å². The lowest BCUT2D eigenvalue weighted by atomic mass is 9.81. The van der Waals surface area contributed by atoms with Crippen LogP contribution in [0.5, 0.6) is 0 Å². The van der Waals surface area contributed by atoms with E-state index >= 15 is 0 Å². The van der Waals surface area contributed by atoms with Crippen molar-refractivity contribution in [2.75, 3.05) is 20.8 Å². The number of ether oxygens (including phenoxy) is 4. The molecule has 0 aromatic rings. The van der Waals surface area contributed by atoms with Gasteiger partial charge in [-0.1, -0.05) is 44.6 Å². The number of cyclic esters (lactones) is 1. The monoisotopic (exact) mass is 773 g/mol. The number of rotatable bonds is 6. The Hall–Kier alpha value is -2.74. The molecule has 1 saturated carbocycles. The number of nitrogens with zero attached hydrogens (tertiary/aromatic N) is 1. The molecule has 310 valence electrons. The van der Waals surface area contributed by atoms with Crippen LogP contribution in [-0.4, -0.2) is 113 Å². The van der Waals surface area contributed by atoms with Crippen molar-refractivity contribution in [2.45, 2.75) is 160 Å². The van der Waals surface area contributed by atoms with E-state index in [-0.39, 0.29) is 43.1 Å². The second-order valence-corrected chi connectivity index (χ2v) is 16.9. The maximum atomic E-state index is 14.2. The van der Waals surface area contributed by atoms with Gasteiger partial charge in [-0.25, -0.2) is 4.79 Å². The van der Waals surface area contributed by atoms with E-state index < -0.39 is 77.8 Å². The van der Waals surface area contributed by atoms with Gasteiger partial charge in [-0.05, 0) is 102 Å². The Morgan fingerprint density at radius 1 is 0.964 bits per heavy atom. The molecule has 13 atom stereocenters. The van der Waals surface area contributed by atoms with Gasteiger partial charge in [-0.15, -0.1) is 6.58 Å². The molecule has 0 aromatic heterocycles. The molecule has 0 spiro atoms. The molecule has 2 bridgehead atoms. The highest BCUT2D eigenvalue weighted by Gasteiger charge is 2.54. The van der Waals surface area contributed by atoms with Crippen LogP contribution in [0.1, 0.15) is 112 Å². The predicted octanol–water partition coefficient (Wildman–Crippen LogP) is 5.01. The van der Waals surface area contributed by atoms with Gasteiger partial charge in [0.05, 0.1) is 30.5 Å². The smallest absolute Gasteiger partial charge is 0.329 e. The lowest BCUT2D eigenvalue weighted by molar-refractivity contribution is -0.278. The summed E-state index contributed by atoms with van der Waals surface area (Å²) in [6, 6.07) is -1.11.